The minimum atomic E-state index is 0.672. The molecule has 0 unspecified atom stereocenters. The molecule has 0 aliphatic heterocycles. The van der Waals surface area contributed by atoms with Crippen LogP contribution in [0.4, 0.5) is 0 Å². The molecule has 3 nitrogen and oxygen atoms in total. The van der Waals surface area contributed by atoms with Crippen LogP contribution in [0.3, 0.4) is 0 Å². The van der Waals surface area contributed by atoms with E-state index in [2.05, 4.69) is 27.1 Å². The Morgan fingerprint density at radius 3 is 2.50 bits per heavy atom. The number of fused-ring (bicyclic) bond motifs is 1. The Morgan fingerprint density at radius 2 is 1.78 bits per heavy atom. The lowest BCUT2D eigenvalue weighted by Crippen LogP contribution is -1.92. The molecule has 4 heteroatoms. The van der Waals surface area contributed by atoms with Crippen LogP contribution in [0.25, 0.3) is 22.4 Å². The lowest BCUT2D eigenvalue weighted by atomic mass is 10.2. The van der Waals surface area contributed by atoms with Crippen molar-refractivity contribution in [1.82, 2.24) is 9.55 Å². The van der Waals surface area contributed by atoms with Gasteiger partial charge in [0, 0.05) is 10.0 Å². The second-order valence-corrected chi connectivity index (χ2v) is 4.78. The zero-order chi connectivity index (χ0) is 12.5. The number of benzene rings is 2. The molecule has 0 amide bonds. The first-order chi connectivity index (χ1) is 8.79. The topological polar surface area (TPSA) is 41.6 Å². The summed E-state index contributed by atoms with van der Waals surface area (Å²) in [5, 5.41) is 9.28. The number of hydrogen-bond donors (Lipinski definition) is 0. The van der Waals surface area contributed by atoms with E-state index in [1.807, 2.05) is 48.5 Å². The van der Waals surface area contributed by atoms with Gasteiger partial charge in [-0.25, -0.2) is 9.55 Å². The first kappa shape index (κ1) is 11.0. The first-order valence-corrected chi connectivity index (χ1v) is 6.22. The molecular weight excluding hydrogens is 290 g/mol. The van der Waals surface area contributed by atoms with E-state index in [0.717, 1.165) is 21.1 Å². The summed E-state index contributed by atoms with van der Waals surface area (Å²) in [6.07, 6.45) is 2.17. The van der Waals surface area contributed by atoms with E-state index in [0.29, 0.717) is 5.82 Å². The van der Waals surface area contributed by atoms with E-state index >= 15 is 0 Å². The zero-order valence-electron chi connectivity index (χ0n) is 9.34. The minimum absolute atomic E-state index is 0.672. The van der Waals surface area contributed by atoms with Crippen LogP contribution in [-0.2, 0) is 0 Å². The molecule has 0 saturated carbocycles. The Balaban J connectivity index is 2.29. The van der Waals surface area contributed by atoms with Crippen LogP contribution in [-0.4, -0.2) is 9.55 Å². The molecule has 0 saturated heterocycles. The highest BCUT2D eigenvalue weighted by molar-refractivity contribution is 9.10. The summed E-state index contributed by atoms with van der Waals surface area (Å²) in [5.41, 5.74) is 2.59. The summed E-state index contributed by atoms with van der Waals surface area (Å²) in [4.78, 5) is 4.51. The SMILES string of the molecule is N#Cn1c(-c2ccc(Br)cc2)nc2ccccc21. The smallest absolute Gasteiger partial charge is 0.190 e. The minimum Gasteiger partial charge on any atom is -0.228 e. The highest BCUT2D eigenvalue weighted by Gasteiger charge is 2.11. The van der Waals surface area contributed by atoms with Crippen LogP contribution in [0.2, 0.25) is 0 Å². The average Bonchev–Trinajstić information content (AvgIpc) is 2.78. The summed E-state index contributed by atoms with van der Waals surface area (Å²) in [6, 6.07) is 15.4. The fourth-order valence-electron chi connectivity index (χ4n) is 1.92. The van der Waals surface area contributed by atoms with Crippen LogP contribution < -0.4 is 0 Å². The van der Waals surface area contributed by atoms with Crippen LogP contribution in [0, 0.1) is 11.5 Å². The van der Waals surface area contributed by atoms with Crippen molar-refractivity contribution in [2.75, 3.05) is 0 Å². The molecule has 1 aromatic heterocycles. The van der Waals surface area contributed by atoms with Crippen molar-refractivity contribution < 1.29 is 0 Å². The van der Waals surface area contributed by atoms with Crippen molar-refractivity contribution in [2.45, 2.75) is 0 Å². The van der Waals surface area contributed by atoms with Crippen molar-refractivity contribution in [3.8, 4) is 17.6 Å². The van der Waals surface area contributed by atoms with Gasteiger partial charge in [-0.2, -0.15) is 5.26 Å². The lowest BCUT2D eigenvalue weighted by molar-refractivity contribution is 1.12. The number of imidazole rings is 1. The molecule has 0 atom stereocenters. The molecule has 0 spiro atoms. The maximum Gasteiger partial charge on any atom is 0.190 e. The summed E-state index contributed by atoms with van der Waals surface area (Å²) < 4.78 is 2.56. The Labute approximate surface area is 112 Å². The van der Waals surface area contributed by atoms with Crippen molar-refractivity contribution >= 4 is 27.0 Å². The average molecular weight is 298 g/mol. The van der Waals surface area contributed by atoms with Crippen molar-refractivity contribution in [3.63, 3.8) is 0 Å². The number of halogens is 1. The Bertz CT molecular complexity index is 751. The van der Waals surface area contributed by atoms with Crippen molar-refractivity contribution in [1.29, 1.82) is 5.26 Å². The van der Waals surface area contributed by atoms with Crippen LogP contribution >= 0.6 is 15.9 Å². The van der Waals surface area contributed by atoms with E-state index in [4.69, 9.17) is 0 Å². The normalized spacial score (nSPS) is 10.4. The van der Waals surface area contributed by atoms with E-state index in [1.165, 1.54) is 0 Å². The monoisotopic (exact) mass is 297 g/mol. The standard InChI is InChI=1S/C14H8BrN3/c15-11-7-5-10(6-8-11)14-17-12-3-1-2-4-13(12)18(14)9-16/h1-8H. The summed E-state index contributed by atoms with van der Waals surface area (Å²) in [7, 11) is 0. The van der Waals surface area contributed by atoms with Crippen LogP contribution in [0.1, 0.15) is 0 Å². The molecule has 3 aromatic rings. The first-order valence-electron chi connectivity index (χ1n) is 5.43. The number of rotatable bonds is 1. The molecule has 18 heavy (non-hydrogen) atoms. The fraction of sp³-hybridized carbons (Fsp3) is 0. The summed E-state index contributed by atoms with van der Waals surface area (Å²) in [6.45, 7) is 0. The third-order valence-corrected chi connectivity index (χ3v) is 3.29. The largest absolute Gasteiger partial charge is 0.228 e. The highest BCUT2D eigenvalue weighted by atomic mass is 79.9. The van der Waals surface area contributed by atoms with E-state index in [1.54, 1.807) is 4.57 Å². The van der Waals surface area contributed by atoms with E-state index in [-0.39, 0.29) is 0 Å². The third kappa shape index (κ3) is 1.69. The zero-order valence-corrected chi connectivity index (χ0v) is 10.9. The molecule has 0 aliphatic rings. The van der Waals surface area contributed by atoms with Gasteiger partial charge in [0.05, 0.1) is 11.0 Å². The number of hydrogen-bond acceptors (Lipinski definition) is 2. The molecule has 1 heterocycles. The fourth-order valence-corrected chi connectivity index (χ4v) is 2.18. The van der Waals surface area contributed by atoms with Crippen molar-refractivity contribution in [3.05, 3.63) is 53.0 Å². The predicted octanol–water partition coefficient (Wildman–Crippen LogP) is 3.79. The Morgan fingerprint density at radius 1 is 1.06 bits per heavy atom. The number of aromatic nitrogens is 2. The van der Waals surface area contributed by atoms with Gasteiger partial charge < -0.3 is 0 Å². The molecule has 0 fully saturated rings. The van der Waals surface area contributed by atoms with Gasteiger partial charge in [-0.15, -0.1) is 0 Å². The number of nitrogens with zero attached hydrogens (tertiary/aromatic N) is 3. The summed E-state index contributed by atoms with van der Waals surface area (Å²) >= 11 is 3.40. The molecule has 2 aromatic carbocycles. The molecule has 0 N–H and O–H groups in total. The predicted molar refractivity (Wildman–Crippen MR) is 73.9 cm³/mol. The second-order valence-electron chi connectivity index (χ2n) is 3.87. The number of nitriles is 1. The van der Waals surface area contributed by atoms with E-state index in [9.17, 15) is 5.26 Å². The maximum atomic E-state index is 9.28. The second kappa shape index (κ2) is 4.28. The number of para-hydroxylation sites is 2. The molecule has 86 valence electrons. The van der Waals surface area contributed by atoms with Gasteiger partial charge in [0.2, 0.25) is 0 Å². The third-order valence-electron chi connectivity index (χ3n) is 2.76. The van der Waals surface area contributed by atoms with Crippen molar-refractivity contribution in [2.24, 2.45) is 0 Å². The highest BCUT2D eigenvalue weighted by Crippen LogP contribution is 2.25. The van der Waals surface area contributed by atoms with Gasteiger partial charge >= 0.3 is 0 Å². The van der Waals surface area contributed by atoms with Crippen LogP contribution in [0.5, 0.6) is 0 Å². The Kier molecular flexibility index (Phi) is 2.62. The molecule has 3 rings (SSSR count). The van der Waals surface area contributed by atoms with Crippen LogP contribution in [0.15, 0.2) is 53.0 Å². The molecule has 0 radical (unpaired) electrons. The van der Waals surface area contributed by atoms with Gasteiger partial charge in [0.25, 0.3) is 0 Å². The quantitative estimate of drug-likeness (QED) is 0.685. The van der Waals surface area contributed by atoms with Gasteiger partial charge in [-0.3, -0.25) is 0 Å². The molecule has 0 aliphatic carbocycles. The maximum absolute atomic E-state index is 9.28. The molecular formula is C14H8BrN3. The van der Waals surface area contributed by atoms with Gasteiger partial charge in [-0.1, -0.05) is 40.2 Å². The van der Waals surface area contributed by atoms with Gasteiger partial charge in [0.15, 0.2) is 12.0 Å². The Hall–Kier alpha value is -2.12. The van der Waals surface area contributed by atoms with Gasteiger partial charge in [0.1, 0.15) is 0 Å². The molecule has 0 bridgehead atoms. The van der Waals surface area contributed by atoms with Gasteiger partial charge in [-0.05, 0) is 24.3 Å². The lowest BCUT2D eigenvalue weighted by Gasteiger charge is -1.99. The van der Waals surface area contributed by atoms with E-state index < -0.39 is 0 Å². The summed E-state index contributed by atoms with van der Waals surface area (Å²) in [5.74, 6) is 0.672.